The first-order chi connectivity index (χ1) is 12.9. The highest BCUT2D eigenvalue weighted by Gasteiger charge is 2.14. The SMILES string of the molecule is CCOc1cc(Cl)c(/C=C(\C#N)C(=O)Nc2cccc(C)c2C)cc1OC. The van der Waals surface area contributed by atoms with Crippen LogP contribution >= 0.6 is 11.6 Å². The number of nitriles is 1. The van der Waals surface area contributed by atoms with Crippen molar-refractivity contribution in [2.75, 3.05) is 19.0 Å². The Kier molecular flexibility index (Phi) is 6.86. The Hall–Kier alpha value is -2.97. The van der Waals surface area contributed by atoms with Crippen molar-refractivity contribution in [2.45, 2.75) is 20.8 Å². The van der Waals surface area contributed by atoms with Gasteiger partial charge < -0.3 is 14.8 Å². The van der Waals surface area contributed by atoms with Crippen LogP contribution in [0.4, 0.5) is 5.69 Å². The van der Waals surface area contributed by atoms with E-state index in [1.165, 1.54) is 13.2 Å². The van der Waals surface area contributed by atoms with Gasteiger partial charge in [-0.1, -0.05) is 23.7 Å². The molecule has 0 spiro atoms. The average molecular weight is 385 g/mol. The lowest BCUT2D eigenvalue weighted by Crippen LogP contribution is -2.14. The first-order valence-electron chi connectivity index (χ1n) is 8.41. The van der Waals surface area contributed by atoms with Gasteiger partial charge in [0.15, 0.2) is 11.5 Å². The number of anilines is 1. The number of amides is 1. The molecule has 2 aromatic rings. The van der Waals surface area contributed by atoms with Crippen LogP contribution in [-0.2, 0) is 4.79 Å². The van der Waals surface area contributed by atoms with E-state index in [9.17, 15) is 10.1 Å². The van der Waals surface area contributed by atoms with Gasteiger partial charge in [-0.15, -0.1) is 0 Å². The van der Waals surface area contributed by atoms with Crippen LogP contribution in [0.15, 0.2) is 35.9 Å². The van der Waals surface area contributed by atoms with E-state index >= 15 is 0 Å². The second kappa shape index (κ2) is 9.11. The Morgan fingerprint density at radius 2 is 2.04 bits per heavy atom. The summed E-state index contributed by atoms with van der Waals surface area (Å²) in [7, 11) is 1.51. The van der Waals surface area contributed by atoms with E-state index in [1.54, 1.807) is 18.2 Å². The molecule has 0 aliphatic rings. The maximum Gasteiger partial charge on any atom is 0.266 e. The van der Waals surface area contributed by atoms with E-state index in [0.29, 0.717) is 34.4 Å². The van der Waals surface area contributed by atoms with E-state index in [0.717, 1.165) is 11.1 Å². The molecule has 2 aromatic carbocycles. The number of nitrogens with zero attached hydrogens (tertiary/aromatic N) is 1. The first kappa shape index (κ1) is 20.3. The van der Waals surface area contributed by atoms with Crippen molar-refractivity contribution in [3.8, 4) is 17.6 Å². The molecule has 1 N–H and O–H groups in total. The Balaban J connectivity index is 2.36. The van der Waals surface area contributed by atoms with Crippen molar-refractivity contribution in [1.29, 1.82) is 5.26 Å². The molecule has 0 heterocycles. The van der Waals surface area contributed by atoms with Crippen LogP contribution < -0.4 is 14.8 Å². The molecule has 0 aromatic heterocycles. The smallest absolute Gasteiger partial charge is 0.266 e. The molecule has 0 atom stereocenters. The normalized spacial score (nSPS) is 10.9. The third-order valence-corrected chi connectivity index (χ3v) is 4.43. The van der Waals surface area contributed by atoms with Gasteiger partial charge in [-0.05, 0) is 55.7 Å². The van der Waals surface area contributed by atoms with Gasteiger partial charge in [0.25, 0.3) is 5.91 Å². The molecule has 5 nitrogen and oxygen atoms in total. The number of methoxy groups -OCH3 is 1. The fourth-order valence-electron chi connectivity index (χ4n) is 2.47. The molecule has 0 aliphatic heterocycles. The maximum absolute atomic E-state index is 12.5. The van der Waals surface area contributed by atoms with Crippen LogP contribution in [0.25, 0.3) is 6.08 Å². The number of ether oxygens (including phenoxy) is 2. The van der Waals surface area contributed by atoms with Crippen molar-refractivity contribution >= 4 is 29.3 Å². The van der Waals surface area contributed by atoms with E-state index in [2.05, 4.69) is 5.32 Å². The molecule has 6 heteroatoms. The van der Waals surface area contributed by atoms with Crippen LogP contribution in [0, 0.1) is 25.2 Å². The van der Waals surface area contributed by atoms with Crippen molar-refractivity contribution < 1.29 is 14.3 Å². The number of carbonyl (C=O) groups is 1. The van der Waals surface area contributed by atoms with Gasteiger partial charge in [-0.3, -0.25) is 4.79 Å². The highest BCUT2D eigenvalue weighted by molar-refractivity contribution is 6.32. The molecule has 27 heavy (non-hydrogen) atoms. The molecular weight excluding hydrogens is 364 g/mol. The lowest BCUT2D eigenvalue weighted by molar-refractivity contribution is -0.112. The van der Waals surface area contributed by atoms with Crippen LogP contribution in [0.1, 0.15) is 23.6 Å². The zero-order chi connectivity index (χ0) is 20.0. The molecule has 0 aliphatic carbocycles. The Morgan fingerprint density at radius 3 is 2.67 bits per heavy atom. The van der Waals surface area contributed by atoms with Crippen molar-refractivity contribution in [3.05, 3.63) is 57.6 Å². The molecule has 0 saturated heterocycles. The minimum Gasteiger partial charge on any atom is -0.493 e. The minimum absolute atomic E-state index is 0.0657. The van der Waals surface area contributed by atoms with E-state index in [-0.39, 0.29) is 5.57 Å². The predicted octanol–water partition coefficient (Wildman–Crippen LogP) is 4.91. The van der Waals surface area contributed by atoms with Gasteiger partial charge in [0.1, 0.15) is 11.6 Å². The summed E-state index contributed by atoms with van der Waals surface area (Å²) in [6, 6.07) is 10.8. The molecule has 1 amide bonds. The lowest BCUT2D eigenvalue weighted by atomic mass is 10.1. The molecule has 0 bridgehead atoms. The fraction of sp³-hybridized carbons (Fsp3) is 0.238. The van der Waals surface area contributed by atoms with Gasteiger partial charge in [0.05, 0.1) is 18.7 Å². The van der Waals surface area contributed by atoms with Crippen LogP contribution in [0.2, 0.25) is 5.02 Å². The van der Waals surface area contributed by atoms with E-state index in [1.807, 2.05) is 39.0 Å². The quantitative estimate of drug-likeness (QED) is 0.567. The first-order valence-corrected chi connectivity index (χ1v) is 8.78. The number of nitrogens with one attached hydrogen (secondary N) is 1. The highest BCUT2D eigenvalue weighted by Crippen LogP contribution is 2.34. The van der Waals surface area contributed by atoms with Gasteiger partial charge in [-0.25, -0.2) is 0 Å². The average Bonchev–Trinajstić information content (AvgIpc) is 2.65. The molecule has 0 saturated carbocycles. The second-order valence-electron chi connectivity index (χ2n) is 5.83. The highest BCUT2D eigenvalue weighted by atomic mass is 35.5. The topological polar surface area (TPSA) is 71.3 Å². The van der Waals surface area contributed by atoms with Gasteiger partial charge in [0.2, 0.25) is 0 Å². The van der Waals surface area contributed by atoms with Crippen LogP contribution in [0.5, 0.6) is 11.5 Å². The van der Waals surface area contributed by atoms with Gasteiger partial charge in [0, 0.05) is 11.8 Å². The van der Waals surface area contributed by atoms with Crippen LogP contribution in [0.3, 0.4) is 0 Å². The number of benzene rings is 2. The Labute approximate surface area is 164 Å². The molecular formula is C21H21ClN2O3. The number of halogens is 1. The van der Waals surface area contributed by atoms with E-state index in [4.69, 9.17) is 21.1 Å². The molecule has 140 valence electrons. The third kappa shape index (κ3) is 4.81. The van der Waals surface area contributed by atoms with Crippen molar-refractivity contribution in [3.63, 3.8) is 0 Å². The second-order valence-corrected chi connectivity index (χ2v) is 6.24. The zero-order valence-electron chi connectivity index (χ0n) is 15.7. The zero-order valence-corrected chi connectivity index (χ0v) is 16.5. The van der Waals surface area contributed by atoms with E-state index < -0.39 is 5.91 Å². The summed E-state index contributed by atoms with van der Waals surface area (Å²) in [6.45, 7) is 6.18. The number of aryl methyl sites for hydroxylation is 1. The maximum atomic E-state index is 12.5. The Morgan fingerprint density at radius 1 is 1.30 bits per heavy atom. The monoisotopic (exact) mass is 384 g/mol. The summed E-state index contributed by atoms with van der Waals surface area (Å²) in [5.74, 6) is 0.468. The summed E-state index contributed by atoms with van der Waals surface area (Å²) in [4.78, 5) is 12.5. The van der Waals surface area contributed by atoms with Gasteiger partial charge >= 0.3 is 0 Å². The Bertz CT molecular complexity index is 930. The molecule has 2 rings (SSSR count). The summed E-state index contributed by atoms with van der Waals surface area (Å²) in [5.41, 5.74) is 3.09. The third-order valence-electron chi connectivity index (χ3n) is 4.10. The number of rotatable bonds is 6. The molecule has 0 unspecified atom stereocenters. The minimum atomic E-state index is -0.505. The molecule has 0 fully saturated rings. The van der Waals surface area contributed by atoms with Crippen molar-refractivity contribution in [1.82, 2.24) is 0 Å². The predicted molar refractivity (Wildman–Crippen MR) is 107 cm³/mol. The number of hydrogen-bond donors (Lipinski definition) is 1. The summed E-state index contributed by atoms with van der Waals surface area (Å²) in [5, 5.41) is 12.6. The fourth-order valence-corrected chi connectivity index (χ4v) is 2.68. The molecule has 0 radical (unpaired) electrons. The van der Waals surface area contributed by atoms with Crippen LogP contribution in [-0.4, -0.2) is 19.6 Å². The number of hydrogen-bond acceptors (Lipinski definition) is 4. The largest absolute Gasteiger partial charge is 0.493 e. The summed E-state index contributed by atoms with van der Waals surface area (Å²) < 4.78 is 10.8. The van der Waals surface area contributed by atoms with Gasteiger partial charge in [-0.2, -0.15) is 5.26 Å². The lowest BCUT2D eigenvalue weighted by Gasteiger charge is -2.12. The number of carbonyl (C=O) groups excluding carboxylic acids is 1. The van der Waals surface area contributed by atoms with Crippen molar-refractivity contribution in [2.24, 2.45) is 0 Å². The standard InChI is InChI=1S/C21H21ClN2O3/c1-5-27-20-11-17(22)15(10-19(20)26-4)9-16(12-23)21(25)24-18-8-6-7-13(2)14(18)3/h6-11H,5H2,1-4H3,(H,24,25)/b16-9+. The summed E-state index contributed by atoms with van der Waals surface area (Å²) >= 11 is 6.28. The summed E-state index contributed by atoms with van der Waals surface area (Å²) in [6.07, 6.45) is 1.43.